The van der Waals surface area contributed by atoms with Crippen molar-refractivity contribution < 1.29 is 14.4 Å². The Balaban J connectivity index is 1.70. The van der Waals surface area contributed by atoms with Gasteiger partial charge in [0.2, 0.25) is 0 Å². The average molecular weight is 384 g/mol. The van der Waals surface area contributed by atoms with Crippen molar-refractivity contribution in [2.75, 3.05) is 10.6 Å². The second-order valence-corrected chi connectivity index (χ2v) is 6.14. The molecular formula is C22H16N4O3. The van der Waals surface area contributed by atoms with E-state index in [9.17, 15) is 14.4 Å². The molecule has 7 heteroatoms. The van der Waals surface area contributed by atoms with Crippen LogP contribution in [0.4, 0.5) is 11.4 Å². The summed E-state index contributed by atoms with van der Waals surface area (Å²) in [5.74, 6) is -1.02. The van der Waals surface area contributed by atoms with Crippen molar-refractivity contribution in [2.24, 2.45) is 0 Å². The third-order valence-electron chi connectivity index (χ3n) is 4.04. The maximum atomic E-state index is 12.4. The number of anilines is 2. The Morgan fingerprint density at radius 1 is 0.793 bits per heavy atom. The number of aromatic nitrogens is 1. The highest BCUT2D eigenvalue weighted by molar-refractivity contribution is 6.06. The van der Waals surface area contributed by atoms with Crippen LogP contribution in [0.2, 0.25) is 0 Å². The molecule has 0 aliphatic heterocycles. The van der Waals surface area contributed by atoms with Crippen molar-refractivity contribution in [3.8, 4) is 6.07 Å². The van der Waals surface area contributed by atoms with Crippen LogP contribution in [0.5, 0.6) is 0 Å². The standard InChI is InChI=1S/C22H16N4O3/c1-14(27)16-7-11-18(12-8-16)25-22(29)20-4-2-3-19(26-20)21(28)24-17-9-5-15(13-23)6-10-17/h2-12H,1H3,(H,24,28)(H,25,29). The molecule has 0 fully saturated rings. The largest absolute Gasteiger partial charge is 0.321 e. The highest BCUT2D eigenvalue weighted by Gasteiger charge is 2.13. The zero-order valence-corrected chi connectivity index (χ0v) is 15.5. The van der Waals surface area contributed by atoms with Gasteiger partial charge in [0.05, 0.1) is 11.6 Å². The molecular weight excluding hydrogens is 368 g/mol. The lowest BCUT2D eigenvalue weighted by Gasteiger charge is -2.08. The molecule has 1 heterocycles. The lowest BCUT2D eigenvalue weighted by molar-refractivity contribution is 0.100. The average Bonchev–Trinajstić information content (AvgIpc) is 2.74. The normalized spacial score (nSPS) is 9.93. The van der Waals surface area contributed by atoms with Gasteiger partial charge in [-0.05, 0) is 67.6 Å². The van der Waals surface area contributed by atoms with E-state index in [0.29, 0.717) is 22.5 Å². The summed E-state index contributed by atoms with van der Waals surface area (Å²) in [6, 6.07) is 19.4. The number of ketones is 1. The van der Waals surface area contributed by atoms with Crippen LogP contribution >= 0.6 is 0 Å². The fourth-order valence-corrected chi connectivity index (χ4v) is 2.49. The molecule has 7 nitrogen and oxygen atoms in total. The molecule has 3 aromatic rings. The fourth-order valence-electron chi connectivity index (χ4n) is 2.49. The van der Waals surface area contributed by atoms with Gasteiger partial charge in [0.1, 0.15) is 11.4 Å². The number of Topliss-reactive ketones (excluding diaryl/α,β-unsaturated/α-hetero) is 1. The van der Waals surface area contributed by atoms with Gasteiger partial charge in [0.25, 0.3) is 11.8 Å². The third-order valence-corrected chi connectivity index (χ3v) is 4.04. The van der Waals surface area contributed by atoms with Crippen LogP contribution in [0.1, 0.15) is 43.8 Å². The summed E-state index contributed by atoms with van der Waals surface area (Å²) in [6.45, 7) is 1.46. The SMILES string of the molecule is CC(=O)c1ccc(NC(=O)c2cccc(C(=O)Nc3ccc(C#N)cc3)n2)cc1. The van der Waals surface area contributed by atoms with Gasteiger partial charge in [-0.15, -0.1) is 0 Å². The number of amides is 2. The zero-order chi connectivity index (χ0) is 20.8. The minimum absolute atomic E-state index is 0.0643. The first kappa shape index (κ1) is 19.5. The molecule has 2 amide bonds. The van der Waals surface area contributed by atoms with E-state index in [1.807, 2.05) is 6.07 Å². The Labute approximate surface area is 167 Å². The topological polar surface area (TPSA) is 112 Å². The van der Waals surface area contributed by atoms with Crippen LogP contribution in [-0.4, -0.2) is 22.6 Å². The van der Waals surface area contributed by atoms with E-state index in [4.69, 9.17) is 5.26 Å². The number of benzene rings is 2. The monoisotopic (exact) mass is 384 g/mol. The molecule has 0 radical (unpaired) electrons. The lowest BCUT2D eigenvalue weighted by Crippen LogP contribution is -2.18. The van der Waals surface area contributed by atoms with E-state index < -0.39 is 11.8 Å². The molecule has 1 aromatic heterocycles. The van der Waals surface area contributed by atoms with Crippen molar-refractivity contribution in [1.29, 1.82) is 5.26 Å². The predicted octanol–water partition coefficient (Wildman–Crippen LogP) is 3.66. The van der Waals surface area contributed by atoms with Gasteiger partial charge < -0.3 is 10.6 Å². The van der Waals surface area contributed by atoms with Gasteiger partial charge in [0, 0.05) is 16.9 Å². The Hall–Kier alpha value is -4.31. The molecule has 0 aliphatic carbocycles. The molecule has 3 rings (SSSR count). The number of carbonyl (C=O) groups is 3. The number of carbonyl (C=O) groups excluding carboxylic acids is 3. The van der Waals surface area contributed by atoms with E-state index in [1.165, 1.54) is 19.1 Å². The summed E-state index contributed by atoms with van der Waals surface area (Å²) in [5, 5.41) is 14.2. The molecule has 142 valence electrons. The molecule has 2 N–H and O–H groups in total. The summed E-state index contributed by atoms with van der Waals surface area (Å²) in [4.78, 5) is 40.3. The van der Waals surface area contributed by atoms with Crippen LogP contribution in [0, 0.1) is 11.3 Å². The molecule has 0 aliphatic rings. The van der Waals surface area contributed by atoms with Gasteiger partial charge in [-0.25, -0.2) is 4.98 Å². The Kier molecular flexibility index (Phi) is 5.76. The minimum atomic E-state index is -0.478. The van der Waals surface area contributed by atoms with Crippen LogP contribution in [0.3, 0.4) is 0 Å². The van der Waals surface area contributed by atoms with E-state index in [1.54, 1.807) is 54.6 Å². The van der Waals surface area contributed by atoms with Crippen molar-refractivity contribution in [3.63, 3.8) is 0 Å². The Morgan fingerprint density at radius 2 is 1.28 bits per heavy atom. The number of hydrogen-bond donors (Lipinski definition) is 2. The number of pyridine rings is 1. The number of hydrogen-bond acceptors (Lipinski definition) is 5. The molecule has 0 spiro atoms. The first-order valence-electron chi connectivity index (χ1n) is 8.67. The van der Waals surface area contributed by atoms with Crippen LogP contribution in [0.25, 0.3) is 0 Å². The number of nitrogens with zero attached hydrogens (tertiary/aromatic N) is 2. The van der Waals surface area contributed by atoms with Crippen LogP contribution in [-0.2, 0) is 0 Å². The molecule has 2 aromatic carbocycles. The number of nitrogens with one attached hydrogen (secondary N) is 2. The quantitative estimate of drug-likeness (QED) is 0.652. The van der Waals surface area contributed by atoms with Gasteiger partial charge in [-0.2, -0.15) is 5.26 Å². The summed E-state index contributed by atoms with van der Waals surface area (Å²) >= 11 is 0. The first-order valence-corrected chi connectivity index (χ1v) is 8.67. The maximum Gasteiger partial charge on any atom is 0.274 e. The Bertz CT molecular complexity index is 1110. The van der Waals surface area contributed by atoms with E-state index in [2.05, 4.69) is 15.6 Å². The summed E-state index contributed by atoms with van der Waals surface area (Å²) in [5.41, 5.74) is 2.20. The van der Waals surface area contributed by atoms with Crippen molar-refractivity contribution >= 4 is 29.0 Å². The highest BCUT2D eigenvalue weighted by atomic mass is 16.2. The van der Waals surface area contributed by atoms with E-state index in [-0.39, 0.29) is 17.2 Å². The fraction of sp³-hybridized carbons (Fsp3) is 0.0455. The first-order chi connectivity index (χ1) is 14.0. The summed E-state index contributed by atoms with van der Waals surface area (Å²) in [7, 11) is 0. The summed E-state index contributed by atoms with van der Waals surface area (Å²) < 4.78 is 0. The molecule has 0 saturated heterocycles. The maximum absolute atomic E-state index is 12.4. The lowest BCUT2D eigenvalue weighted by atomic mass is 10.1. The summed E-state index contributed by atoms with van der Waals surface area (Å²) in [6.07, 6.45) is 0. The molecule has 0 saturated carbocycles. The second kappa shape index (κ2) is 8.59. The molecule has 29 heavy (non-hydrogen) atoms. The van der Waals surface area contributed by atoms with Gasteiger partial charge in [0.15, 0.2) is 5.78 Å². The van der Waals surface area contributed by atoms with Gasteiger partial charge in [-0.1, -0.05) is 6.07 Å². The smallest absolute Gasteiger partial charge is 0.274 e. The number of rotatable bonds is 5. The van der Waals surface area contributed by atoms with Crippen LogP contribution < -0.4 is 10.6 Å². The zero-order valence-electron chi connectivity index (χ0n) is 15.5. The van der Waals surface area contributed by atoms with Crippen molar-refractivity contribution in [2.45, 2.75) is 6.92 Å². The molecule has 0 bridgehead atoms. The van der Waals surface area contributed by atoms with Crippen molar-refractivity contribution in [1.82, 2.24) is 4.98 Å². The minimum Gasteiger partial charge on any atom is -0.321 e. The van der Waals surface area contributed by atoms with Gasteiger partial charge in [-0.3, -0.25) is 14.4 Å². The van der Waals surface area contributed by atoms with Crippen molar-refractivity contribution in [3.05, 3.63) is 89.2 Å². The Morgan fingerprint density at radius 3 is 1.72 bits per heavy atom. The van der Waals surface area contributed by atoms with Crippen LogP contribution in [0.15, 0.2) is 66.7 Å². The third kappa shape index (κ3) is 4.90. The van der Waals surface area contributed by atoms with E-state index in [0.717, 1.165) is 0 Å². The predicted molar refractivity (Wildman–Crippen MR) is 108 cm³/mol. The number of nitriles is 1. The molecule has 0 unspecified atom stereocenters. The van der Waals surface area contributed by atoms with E-state index >= 15 is 0 Å². The molecule has 0 atom stereocenters. The highest BCUT2D eigenvalue weighted by Crippen LogP contribution is 2.13. The van der Waals surface area contributed by atoms with Gasteiger partial charge >= 0.3 is 0 Å². The second-order valence-electron chi connectivity index (χ2n) is 6.14.